The number of amides is 1. The molecule has 0 aromatic carbocycles. The largest absolute Gasteiger partial charge is 0.481 e. The van der Waals surface area contributed by atoms with Crippen LogP contribution in [0, 0.1) is 5.41 Å². The van der Waals surface area contributed by atoms with Crippen molar-refractivity contribution in [3.63, 3.8) is 0 Å². The number of rotatable bonds is 7. The third-order valence-electron chi connectivity index (χ3n) is 3.58. The van der Waals surface area contributed by atoms with Crippen LogP contribution in [-0.2, 0) is 9.59 Å². The number of carbonyl (C=O) groups excluding carboxylic acids is 1. The molecule has 0 spiro atoms. The highest BCUT2D eigenvalue weighted by atomic mass is 16.4. The summed E-state index contributed by atoms with van der Waals surface area (Å²) in [6, 6.07) is 0. The summed E-state index contributed by atoms with van der Waals surface area (Å²) in [5.41, 5.74) is -0.276. The van der Waals surface area contributed by atoms with E-state index in [2.05, 4.69) is 12.2 Å². The van der Waals surface area contributed by atoms with Crippen molar-refractivity contribution in [2.75, 3.05) is 6.54 Å². The Labute approximate surface area is 103 Å². The first-order valence-corrected chi connectivity index (χ1v) is 6.56. The predicted molar refractivity (Wildman–Crippen MR) is 65.7 cm³/mol. The first-order chi connectivity index (χ1) is 8.08. The maximum absolute atomic E-state index is 11.8. The standard InChI is InChI=1S/C13H23NO3/c1-2-3-8-14-11(15)9-13(10-12(16)17)6-4-5-7-13/h2-10H2,1H3,(H,14,15)(H,16,17). The van der Waals surface area contributed by atoms with Crippen molar-refractivity contribution >= 4 is 11.9 Å². The predicted octanol–water partition coefficient (Wildman–Crippen LogP) is 2.33. The molecule has 1 saturated carbocycles. The minimum atomic E-state index is -0.784. The summed E-state index contributed by atoms with van der Waals surface area (Å²) in [5, 5.41) is 11.8. The molecule has 0 atom stereocenters. The Morgan fingerprint density at radius 1 is 1.24 bits per heavy atom. The normalized spacial score (nSPS) is 17.9. The topological polar surface area (TPSA) is 66.4 Å². The van der Waals surface area contributed by atoms with Gasteiger partial charge >= 0.3 is 5.97 Å². The molecule has 1 aliphatic rings. The maximum atomic E-state index is 11.8. The molecule has 2 N–H and O–H groups in total. The van der Waals surface area contributed by atoms with E-state index < -0.39 is 5.97 Å². The van der Waals surface area contributed by atoms with Gasteiger partial charge in [0.25, 0.3) is 0 Å². The van der Waals surface area contributed by atoms with Crippen LogP contribution >= 0.6 is 0 Å². The summed E-state index contributed by atoms with van der Waals surface area (Å²) >= 11 is 0. The lowest BCUT2D eigenvalue weighted by Crippen LogP contribution is -2.32. The molecule has 4 nitrogen and oxygen atoms in total. The summed E-state index contributed by atoms with van der Waals surface area (Å²) in [6.07, 6.45) is 6.40. The van der Waals surface area contributed by atoms with Crippen LogP contribution < -0.4 is 5.32 Å². The molecule has 1 aliphatic carbocycles. The van der Waals surface area contributed by atoms with Crippen molar-refractivity contribution in [3.8, 4) is 0 Å². The number of unbranched alkanes of at least 4 members (excludes halogenated alkanes) is 1. The zero-order valence-corrected chi connectivity index (χ0v) is 10.6. The monoisotopic (exact) mass is 241 g/mol. The van der Waals surface area contributed by atoms with E-state index in [1.807, 2.05) is 0 Å². The van der Waals surface area contributed by atoms with Gasteiger partial charge in [0.2, 0.25) is 5.91 Å². The molecule has 0 heterocycles. The van der Waals surface area contributed by atoms with Gasteiger partial charge in [-0.15, -0.1) is 0 Å². The van der Waals surface area contributed by atoms with Gasteiger partial charge in [-0.1, -0.05) is 26.2 Å². The Hall–Kier alpha value is -1.06. The van der Waals surface area contributed by atoms with Crippen molar-refractivity contribution in [2.45, 2.75) is 58.3 Å². The quantitative estimate of drug-likeness (QED) is 0.672. The van der Waals surface area contributed by atoms with Crippen LogP contribution in [0.1, 0.15) is 58.3 Å². The van der Waals surface area contributed by atoms with Crippen LogP contribution in [0.5, 0.6) is 0 Å². The average molecular weight is 241 g/mol. The van der Waals surface area contributed by atoms with Gasteiger partial charge in [-0.2, -0.15) is 0 Å². The first-order valence-electron chi connectivity index (χ1n) is 6.56. The van der Waals surface area contributed by atoms with E-state index in [1.54, 1.807) is 0 Å². The lowest BCUT2D eigenvalue weighted by molar-refractivity contribution is -0.140. The Morgan fingerprint density at radius 3 is 2.41 bits per heavy atom. The number of nitrogens with one attached hydrogen (secondary N) is 1. The summed E-state index contributed by atoms with van der Waals surface area (Å²) < 4.78 is 0. The second-order valence-electron chi connectivity index (χ2n) is 5.16. The molecule has 98 valence electrons. The molecule has 0 unspecified atom stereocenters. The molecule has 0 saturated heterocycles. The van der Waals surface area contributed by atoms with Gasteiger partial charge in [0, 0.05) is 13.0 Å². The van der Waals surface area contributed by atoms with E-state index in [1.165, 1.54) is 0 Å². The number of carboxylic acid groups (broad SMARTS) is 1. The summed E-state index contributed by atoms with van der Waals surface area (Å²) in [7, 11) is 0. The smallest absolute Gasteiger partial charge is 0.303 e. The van der Waals surface area contributed by atoms with Crippen molar-refractivity contribution in [1.29, 1.82) is 0 Å². The molecule has 0 bridgehead atoms. The van der Waals surface area contributed by atoms with E-state index in [4.69, 9.17) is 5.11 Å². The van der Waals surface area contributed by atoms with Crippen molar-refractivity contribution in [3.05, 3.63) is 0 Å². The first kappa shape index (κ1) is 14.0. The molecule has 1 amide bonds. The van der Waals surface area contributed by atoms with E-state index in [-0.39, 0.29) is 17.7 Å². The molecule has 1 rings (SSSR count). The molecule has 0 radical (unpaired) electrons. The second-order valence-corrected chi connectivity index (χ2v) is 5.16. The fraction of sp³-hybridized carbons (Fsp3) is 0.846. The molecule has 0 aromatic heterocycles. The van der Waals surface area contributed by atoms with E-state index >= 15 is 0 Å². The Balaban J connectivity index is 2.43. The highest BCUT2D eigenvalue weighted by molar-refractivity contribution is 5.78. The molecule has 1 fully saturated rings. The van der Waals surface area contributed by atoms with Crippen LogP contribution in [0.4, 0.5) is 0 Å². The lowest BCUT2D eigenvalue weighted by Gasteiger charge is -2.26. The summed E-state index contributed by atoms with van der Waals surface area (Å²) in [6.45, 7) is 2.79. The third kappa shape index (κ3) is 4.75. The Morgan fingerprint density at radius 2 is 1.88 bits per heavy atom. The fourth-order valence-corrected chi connectivity index (χ4v) is 2.67. The van der Waals surface area contributed by atoms with Gasteiger partial charge in [-0.25, -0.2) is 0 Å². The van der Waals surface area contributed by atoms with Gasteiger partial charge in [0.1, 0.15) is 0 Å². The molecule has 0 aliphatic heterocycles. The zero-order valence-electron chi connectivity index (χ0n) is 10.6. The van der Waals surface area contributed by atoms with Gasteiger partial charge in [0.05, 0.1) is 6.42 Å². The van der Waals surface area contributed by atoms with Crippen LogP contribution in [0.2, 0.25) is 0 Å². The highest BCUT2D eigenvalue weighted by Gasteiger charge is 2.37. The molecular formula is C13H23NO3. The second kappa shape index (κ2) is 6.62. The average Bonchev–Trinajstić information content (AvgIpc) is 2.65. The van der Waals surface area contributed by atoms with Crippen LogP contribution in [0.25, 0.3) is 0 Å². The molecule has 0 aromatic rings. The van der Waals surface area contributed by atoms with E-state index in [0.29, 0.717) is 13.0 Å². The SMILES string of the molecule is CCCCNC(=O)CC1(CC(=O)O)CCCC1. The van der Waals surface area contributed by atoms with Crippen LogP contribution in [-0.4, -0.2) is 23.5 Å². The van der Waals surface area contributed by atoms with Crippen molar-refractivity contribution in [1.82, 2.24) is 5.32 Å². The molecule has 4 heteroatoms. The summed E-state index contributed by atoms with van der Waals surface area (Å²) in [4.78, 5) is 22.6. The lowest BCUT2D eigenvalue weighted by atomic mass is 9.79. The molecular weight excluding hydrogens is 218 g/mol. The number of aliphatic carboxylic acids is 1. The minimum Gasteiger partial charge on any atom is -0.481 e. The third-order valence-corrected chi connectivity index (χ3v) is 3.58. The van der Waals surface area contributed by atoms with Crippen molar-refractivity contribution < 1.29 is 14.7 Å². The van der Waals surface area contributed by atoms with E-state index in [0.717, 1.165) is 38.5 Å². The van der Waals surface area contributed by atoms with E-state index in [9.17, 15) is 9.59 Å². The van der Waals surface area contributed by atoms with Crippen molar-refractivity contribution in [2.24, 2.45) is 5.41 Å². The highest BCUT2D eigenvalue weighted by Crippen LogP contribution is 2.43. The van der Waals surface area contributed by atoms with Gasteiger partial charge in [-0.3, -0.25) is 9.59 Å². The number of hydrogen-bond donors (Lipinski definition) is 2. The van der Waals surface area contributed by atoms with Gasteiger partial charge in [0.15, 0.2) is 0 Å². The molecule has 17 heavy (non-hydrogen) atoms. The Bertz CT molecular complexity index is 270. The number of carbonyl (C=O) groups is 2. The Kier molecular flexibility index (Phi) is 5.45. The van der Waals surface area contributed by atoms with Crippen LogP contribution in [0.15, 0.2) is 0 Å². The van der Waals surface area contributed by atoms with Gasteiger partial charge in [-0.05, 0) is 24.7 Å². The van der Waals surface area contributed by atoms with Gasteiger partial charge < -0.3 is 10.4 Å². The number of hydrogen-bond acceptors (Lipinski definition) is 2. The minimum absolute atomic E-state index is 0.0154. The van der Waals surface area contributed by atoms with Crippen LogP contribution in [0.3, 0.4) is 0 Å². The fourth-order valence-electron chi connectivity index (χ4n) is 2.67. The number of carboxylic acids is 1. The maximum Gasteiger partial charge on any atom is 0.303 e. The zero-order chi connectivity index (χ0) is 12.7. The summed E-state index contributed by atoms with van der Waals surface area (Å²) in [5.74, 6) is -0.769.